The van der Waals surface area contributed by atoms with E-state index >= 15 is 0 Å². The third kappa shape index (κ3) is 17.1. The van der Waals surface area contributed by atoms with E-state index in [1.165, 1.54) is 89.2 Å². The van der Waals surface area contributed by atoms with Crippen LogP contribution in [0.3, 0.4) is 0 Å². The highest BCUT2D eigenvalue weighted by molar-refractivity contribution is 9.10. The maximum atomic E-state index is 13.2. The van der Waals surface area contributed by atoms with Crippen LogP contribution in [0.5, 0.6) is 0 Å². The molecule has 0 radical (unpaired) electrons. The van der Waals surface area contributed by atoms with Gasteiger partial charge in [0.1, 0.15) is 12.4 Å². The quantitative estimate of drug-likeness (QED) is 0.115. The summed E-state index contributed by atoms with van der Waals surface area (Å²) >= 11 is 3.30. The maximum Gasteiger partial charge on any atom is 0.306 e. The Balaban J connectivity index is 1.87. The molecule has 0 atom stereocenters. The fourth-order valence-corrected chi connectivity index (χ4v) is 4.18. The molecule has 0 fully saturated rings. The molecule has 4 nitrogen and oxygen atoms in total. The number of unbranched alkanes of at least 4 members (excludes halogenated alkanes) is 13. The molecule has 0 heterocycles. The number of carbonyl (C=O) groups is 2. The van der Waals surface area contributed by atoms with E-state index in [4.69, 9.17) is 9.47 Å². The zero-order chi connectivity index (χ0) is 24.9. The molecule has 1 aromatic rings. The van der Waals surface area contributed by atoms with Crippen molar-refractivity contribution in [3.8, 4) is 0 Å². The van der Waals surface area contributed by atoms with Crippen LogP contribution in [0.4, 0.5) is 4.39 Å². The second-order valence-electron chi connectivity index (χ2n) is 9.07. The maximum absolute atomic E-state index is 13.2. The van der Waals surface area contributed by atoms with Gasteiger partial charge in [-0.1, -0.05) is 106 Å². The SMILES string of the molecule is CCCCCCCCCCCCCCCCOC(=O)CCCC(=O)OCc1cc(F)ccc1Br. The van der Waals surface area contributed by atoms with Gasteiger partial charge in [-0.05, 0) is 31.0 Å². The van der Waals surface area contributed by atoms with Gasteiger partial charge in [-0.3, -0.25) is 9.59 Å². The lowest BCUT2D eigenvalue weighted by Gasteiger charge is -2.07. The van der Waals surface area contributed by atoms with E-state index in [1.807, 2.05) is 0 Å². The van der Waals surface area contributed by atoms with Gasteiger partial charge in [0.25, 0.3) is 0 Å². The van der Waals surface area contributed by atoms with E-state index in [2.05, 4.69) is 22.9 Å². The lowest BCUT2D eigenvalue weighted by molar-refractivity contribution is -0.146. The number of rotatable bonds is 21. The minimum atomic E-state index is -0.407. The number of halogens is 2. The van der Waals surface area contributed by atoms with Crippen LogP contribution < -0.4 is 0 Å². The molecule has 0 aliphatic carbocycles. The topological polar surface area (TPSA) is 52.6 Å². The number of ether oxygens (including phenoxy) is 2. The van der Waals surface area contributed by atoms with Crippen LogP contribution in [0.1, 0.15) is 122 Å². The molecule has 0 spiro atoms. The molecule has 0 aromatic heterocycles. The second kappa shape index (κ2) is 20.9. The number of benzene rings is 1. The standard InChI is InChI=1S/C28H44BrFO4/c1-2-3-4-5-6-7-8-9-10-11-12-13-14-15-21-33-27(31)17-16-18-28(32)34-23-24-22-25(30)19-20-26(24)29/h19-20,22H,2-18,21,23H2,1H3. The predicted octanol–water partition coefficient (Wildman–Crippen LogP) is 8.83. The fraction of sp³-hybridized carbons (Fsp3) is 0.714. The summed E-state index contributed by atoms with van der Waals surface area (Å²) in [5.41, 5.74) is 0.570. The molecule has 1 aromatic carbocycles. The lowest BCUT2D eigenvalue weighted by Crippen LogP contribution is -2.09. The summed E-state index contributed by atoms with van der Waals surface area (Å²) in [6, 6.07) is 4.23. The molecule has 0 unspecified atom stereocenters. The third-order valence-electron chi connectivity index (χ3n) is 5.92. The van der Waals surface area contributed by atoms with Crippen molar-refractivity contribution in [1.29, 1.82) is 0 Å². The first-order valence-corrected chi connectivity index (χ1v) is 14.1. The summed E-state index contributed by atoms with van der Waals surface area (Å²) in [5, 5.41) is 0. The number of carbonyl (C=O) groups excluding carboxylic acids is 2. The molecule has 1 rings (SSSR count). The van der Waals surface area contributed by atoms with Crippen molar-refractivity contribution in [2.45, 2.75) is 123 Å². The number of hydrogen-bond donors (Lipinski definition) is 0. The van der Waals surface area contributed by atoms with Gasteiger partial charge in [0, 0.05) is 22.9 Å². The molecule has 0 saturated heterocycles. The van der Waals surface area contributed by atoms with Crippen molar-refractivity contribution >= 4 is 27.9 Å². The van der Waals surface area contributed by atoms with Crippen molar-refractivity contribution in [2.75, 3.05) is 6.61 Å². The van der Waals surface area contributed by atoms with E-state index in [9.17, 15) is 14.0 Å². The summed E-state index contributed by atoms with van der Waals surface area (Å²) in [7, 11) is 0. The Morgan fingerprint density at radius 2 is 1.24 bits per heavy atom. The van der Waals surface area contributed by atoms with Crippen LogP contribution in [0, 0.1) is 5.82 Å². The van der Waals surface area contributed by atoms with Gasteiger partial charge < -0.3 is 9.47 Å². The van der Waals surface area contributed by atoms with Crippen LogP contribution in [0.2, 0.25) is 0 Å². The smallest absolute Gasteiger partial charge is 0.306 e. The largest absolute Gasteiger partial charge is 0.466 e. The van der Waals surface area contributed by atoms with Gasteiger partial charge in [-0.2, -0.15) is 0 Å². The summed E-state index contributed by atoms with van der Waals surface area (Å²) < 4.78 is 24.3. The molecule has 0 N–H and O–H groups in total. The molecule has 194 valence electrons. The number of hydrogen-bond acceptors (Lipinski definition) is 4. The zero-order valence-electron chi connectivity index (χ0n) is 21.1. The molecule has 6 heteroatoms. The monoisotopic (exact) mass is 542 g/mol. The molecule has 0 aliphatic rings. The van der Waals surface area contributed by atoms with Gasteiger partial charge in [-0.15, -0.1) is 0 Å². The predicted molar refractivity (Wildman–Crippen MR) is 139 cm³/mol. The van der Waals surface area contributed by atoms with Crippen LogP contribution in [-0.4, -0.2) is 18.5 Å². The molecule has 0 bridgehead atoms. The van der Waals surface area contributed by atoms with Gasteiger partial charge >= 0.3 is 11.9 Å². The zero-order valence-corrected chi connectivity index (χ0v) is 22.6. The van der Waals surface area contributed by atoms with E-state index in [-0.39, 0.29) is 31.2 Å². The highest BCUT2D eigenvalue weighted by Gasteiger charge is 2.09. The van der Waals surface area contributed by atoms with Gasteiger partial charge in [0.05, 0.1) is 6.61 Å². The van der Waals surface area contributed by atoms with Crippen molar-refractivity contribution < 1.29 is 23.5 Å². The van der Waals surface area contributed by atoms with Crippen LogP contribution in [0.25, 0.3) is 0 Å². The van der Waals surface area contributed by atoms with E-state index in [1.54, 1.807) is 6.07 Å². The molecule has 0 aliphatic heterocycles. The Kier molecular flexibility index (Phi) is 18.8. The van der Waals surface area contributed by atoms with Crippen LogP contribution in [0.15, 0.2) is 22.7 Å². The van der Waals surface area contributed by atoms with Crippen LogP contribution >= 0.6 is 15.9 Å². The first-order chi connectivity index (χ1) is 16.5. The van der Waals surface area contributed by atoms with Crippen molar-refractivity contribution in [3.63, 3.8) is 0 Å². The highest BCUT2D eigenvalue weighted by Crippen LogP contribution is 2.19. The highest BCUT2D eigenvalue weighted by atomic mass is 79.9. The molecule has 0 saturated carbocycles. The summed E-state index contributed by atoms with van der Waals surface area (Å²) in [6.45, 7) is 2.71. The lowest BCUT2D eigenvalue weighted by atomic mass is 10.0. The van der Waals surface area contributed by atoms with Gasteiger partial charge in [0.15, 0.2) is 0 Å². The summed E-state index contributed by atoms with van der Waals surface area (Å²) in [4.78, 5) is 23.6. The molecular formula is C28H44BrFO4. The van der Waals surface area contributed by atoms with Gasteiger partial charge in [-0.25, -0.2) is 4.39 Å². The summed E-state index contributed by atoms with van der Waals surface area (Å²) in [6.07, 6.45) is 18.9. The van der Waals surface area contributed by atoms with E-state index in [0.717, 1.165) is 12.8 Å². The molecule has 34 heavy (non-hydrogen) atoms. The minimum Gasteiger partial charge on any atom is -0.466 e. The molecule has 0 amide bonds. The Labute approximate surface area is 214 Å². The van der Waals surface area contributed by atoms with Crippen molar-refractivity contribution in [3.05, 3.63) is 34.1 Å². The Hall–Kier alpha value is -1.43. The van der Waals surface area contributed by atoms with E-state index < -0.39 is 5.97 Å². The van der Waals surface area contributed by atoms with Crippen LogP contribution in [-0.2, 0) is 25.7 Å². The Morgan fingerprint density at radius 1 is 0.735 bits per heavy atom. The minimum absolute atomic E-state index is 0.000742. The first kappa shape index (κ1) is 30.6. The van der Waals surface area contributed by atoms with Crippen molar-refractivity contribution in [1.82, 2.24) is 0 Å². The van der Waals surface area contributed by atoms with E-state index in [0.29, 0.717) is 23.1 Å². The average Bonchev–Trinajstić information content (AvgIpc) is 2.82. The fourth-order valence-electron chi connectivity index (χ4n) is 3.82. The second-order valence-corrected chi connectivity index (χ2v) is 9.92. The van der Waals surface area contributed by atoms with Crippen molar-refractivity contribution in [2.24, 2.45) is 0 Å². The average molecular weight is 544 g/mol. The van der Waals surface area contributed by atoms with Gasteiger partial charge in [0.2, 0.25) is 0 Å². The Morgan fingerprint density at radius 3 is 1.79 bits per heavy atom. The number of esters is 2. The normalized spacial score (nSPS) is 10.9. The Bertz CT molecular complexity index is 680. The third-order valence-corrected chi connectivity index (χ3v) is 6.69. The molecular weight excluding hydrogens is 499 g/mol. The first-order valence-electron chi connectivity index (χ1n) is 13.3. The summed E-state index contributed by atoms with van der Waals surface area (Å²) in [5.74, 6) is -1.05.